The van der Waals surface area contributed by atoms with Gasteiger partial charge in [-0.15, -0.1) is 0 Å². The van der Waals surface area contributed by atoms with Gasteiger partial charge in [0.05, 0.1) is 23.5 Å². The summed E-state index contributed by atoms with van der Waals surface area (Å²) in [6.45, 7) is 2.46. The maximum absolute atomic E-state index is 14.0. The number of benzene rings is 2. The van der Waals surface area contributed by atoms with Gasteiger partial charge in [-0.25, -0.2) is 17.5 Å². The number of nitrogens with one attached hydrogen (secondary N) is 1. The Labute approximate surface area is 199 Å². The van der Waals surface area contributed by atoms with E-state index < -0.39 is 21.9 Å². The molecule has 182 valence electrons. The summed E-state index contributed by atoms with van der Waals surface area (Å²) < 4.78 is 47.3. The molecule has 2 aliphatic rings. The third-order valence-electron chi connectivity index (χ3n) is 6.11. The van der Waals surface area contributed by atoms with Crippen molar-refractivity contribution >= 4 is 21.8 Å². The standard InChI is InChI=1S/C25H29FN2O5S/c1-17(19-13-20(26)15-21(14-19)33-16-18-9-10-18)27-34(31,32)12-6-2-5-11-28-24(29)22-7-3-4-8-23(22)25(28)30/h3-4,7-8,13-15,17-18,27H,2,5-6,9-12,16H2,1H3/t17-/m0/s1. The molecular weight excluding hydrogens is 459 g/mol. The zero-order chi connectivity index (χ0) is 24.3. The SMILES string of the molecule is C[C@H](NS(=O)(=O)CCCCCN1C(=O)c2ccccc2C1=O)c1cc(F)cc(OCC2CC2)c1. The van der Waals surface area contributed by atoms with E-state index in [1.54, 1.807) is 37.3 Å². The van der Waals surface area contributed by atoms with Crippen molar-refractivity contribution in [3.8, 4) is 5.75 Å². The van der Waals surface area contributed by atoms with Crippen molar-refractivity contribution < 1.29 is 27.1 Å². The second-order valence-electron chi connectivity index (χ2n) is 9.00. The van der Waals surface area contributed by atoms with Crippen molar-refractivity contribution in [2.24, 2.45) is 5.92 Å². The number of halogens is 1. The summed E-state index contributed by atoms with van der Waals surface area (Å²) in [4.78, 5) is 26.0. The molecule has 34 heavy (non-hydrogen) atoms. The minimum absolute atomic E-state index is 0.0974. The fraction of sp³-hybridized carbons (Fsp3) is 0.440. The van der Waals surface area contributed by atoms with Gasteiger partial charge in [-0.3, -0.25) is 14.5 Å². The van der Waals surface area contributed by atoms with E-state index >= 15 is 0 Å². The zero-order valence-electron chi connectivity index (χ0n) is 19.1. The lowest BCUT2D eigenvalue weighted by Gasteiger charge is -2.17. The molecule has 0 saturated heterocycles. The van der Waals surface area contributed by atoms with Crippen molar-refractivity contribution in [2.45, 2.75) is 45.1 Å². The van der Waals surface area contributed by atoms with Gasteiger partial charge in [0, 0.05) is 18.7 Å². The Balaban J connectivity index is 1.22. The number of sulfonamides is 1. The number of ether oxygens (including phenoxy) is 1. The molecule has 2 aromatic carbocycles. The first-order valence-corrected chi connectivity index (χ1v) is 13.3. The molecule has 0 radical (unpaired) electrons. The number of nitrogens with zero attached hydrogens (tertiary/aromatic N) is 1. The quantitative estimate of drug-likeness (QED) is 0.359. The topological polar surface area (TPSA) is 92.8 Å². The highest BCUT2D eigenvalue weighted by molar-refractivity contribution is 7.89. The molecule has 7 nitrogen and oxygen atoms in total. The van der Waals surface area contributed by atoms with Crippen molar-refractivity contribution in [1.82, 2.24) is 9.62 Å². The highest BCUT2D eigenvalue weighted by Gasteiger charge is 2.34. The van der Waals surface area contributed by atoms with E-state index in [9.17, 15) is 22.4 Å². The number of imide groups is 1. The Kier molecular flexibility index (Phi) is 7.33. The summed E-state index contributed by atoms with van der Waals surface area (Å²) in [6, 6.07) is 10.4. The number of carbonyl (C=O) groups excluding carboxylic acids is 2. The van der Waals surface area contributed by atoms with Crippen LogP contribution in [0.1, 0.15) is 71.3 Å². The van der Waals surface area contributed by atoms with Gasteiger partial charge in [-0.1, -0.05) is 18.6 Å². The zero-order valence-corrected chi connectivity index (χ0v) is 19.9. The van der Waals surface area contributed by atoms with Crippen LogP contribution in [0.4, 0.5) is 4.39 Å². The smallest absolute Gasteiger partial charge is 0.261 e. The number of rotatable bonds is 12. The first-order chi connectivity index (χ1) is 16.2. The summed E-state index contributed by atoms with van der Waals surface area (Å²) in [5.74, 6) is -0.248. The Morgan fingerprint density at radius 3 is 2.38 bits per heavy atom. The Hall–Kier alpha value is -2.78. The van der Waals surface area contributed by atoms with Gasteiger partial charge >= 0.3 is 0 Å². The number of amides is 2. The molecule has 0 unspecified atom stereocenters. The average molecular weight is 489 g/mol. The summed E-state index contributed by atoms with van der Waals surface area (Å²) >= 11 is 0. The number of hydrogen-bond acceptors (Lipinski definition) is 5. The van der Waals surface area contributed by atoms with Gasteiger partial charge in [0.1, 0.15) is 11.6 Å². The second kappa shape index (κ2) is 10.2. The number of unbranched alkanes of at least 4 members (excludes halogenated alkanes) is 2. The van der Waals surface area contributed by atoms with Crippen LogP contribution >= 0.6 is 0 Å². The molecule has 1 N–H and O–H groups in total. The Morgan fingerprint density at radius 1 is 1.06 bits per heavy atom. The molecule has 4 rings (SSSR count). The molecule has 1 atom stereocenters. The van der Waals surface area contributed by atoms with Crippen LogP contribution < -0.4 is 9.46 Å². The summed E-state index contributed by atoms with van der Waals surface area (Å²) in [7, 11) is -3.60. The molecule has 9 heteroatoms. The van der Waals surface area contributed by atoms with E-state index in [1.165, 1.54) is 17.0 Å². The summed E-state index contributed by atoms with van der Waals surface area (Å²) in [5, 5.41) is 0. The van der Waals surface area contributed by atoms with Crippen LogP contribution in [0.5, 0.6) is 5.75 Å². The van der Waals surface area contributed by atoms with Crippen LogP contribution in [-0.2, 0) is 10.0 Å². The molecule has 2 aromatic rings. The summed E-state index contributed by atoms with van der Waals surface area (Å²) in [6.07, 6.45) is 3.68. The molecule has 1 fully saturated rings. The second-order valence-corrected chi connectivity index (χ2v) is 10.9. The molecule has 0 spiro atoms. The van der Waals surface area contributed by atoms with Crippen LogP contribution in [0.2, 0.25) is 0 Å². The van der Waals surface area contributed by atoms with E-state index in [0.29, 0.717) is 54.2 Å². The number of hydrogen-bond donors (Lipinski definition) is 1. The van der Waals surface area contributed by atoms with E-state index in [-0.39, 0.29) is 24.1 Å². The predicted molar refractivity (Wildman–Crippen MR) is 126 cm³/mol. The van der Waals surface area contributed by atoms with Gasteiger partial charge in [-0.05, 0) is 68.4 Å². The fourth-order valence-electron chi connectivity index (χ4n) is 3.99. The van der Waals surface area contributed by atoms with Crippen molar-refractivity contribution in [3.05, 3.63) is 65.0 Å². The van der Waals surface area contributed by atoms with Crippen LogP contribution in [0.15, 0.2) is 42.5 Å². The average Bonchev–Trinajstić information content (AvgIpc) is 3.59. The van der Waals surface area contributed by atoms with E-state index in [0.717, 1.165) is 12.8 Å². The third-order valence-corrected chi connectivity index (χ3v) is 7.64. The lowest BCUT2D eigenvalue weighted by molar-refractivity contribution is 0.0651. The largest absolute Gasteiger partial charge is 0.493 e. The normalized spacial score (nSPS) is 16.6. The Morgan fingerprint density at radius 2 is 1.74 bits per heavy atom. The minimum Gasteiger partial charge on any atom is -0.493 e. The highest BCUT2D eigenvalue weighted by Crippen LogP contribution is 2.30. The molecule has 2 amide bonds. The van der Waals surface area contributed by atoms with Gasteiger partial charge in [0.25, 0.3) is 11.8 Å². The van der Waals surface area contributed by atoms with Gasteiger partial charge in [0.15, 0.2) is 0 Å². The van der Waals surface area contributed by atoms with Crippen molar-refractivity contribution in [1.29, 1.82) is 0 Å². The van der Waals surface area contributed by atoms with Crippen LogP contribution in [-0.4, -0.2) is 44.0 Å². The van der Waals surface area contributed by atoms with E-state index in [1.807, 2.05) is 0 Å². The number of fused-ring (bicyclic) bond motifs is 1. The summed E-state index contributed by atoms with van der Waals surface area (Å²) in [5.41, 5.74) is 1.32. The first-order valence-electron chi connectivity index (χ1n) is 11.6. The van der Waals surface area contributed by atoms with Crippen LogP contribution in [0, 0.1) is 11.7 Å². The Bertz CT molecular complexity index is 1140. The highest BCUT2D eigenvalue weighted by atomic mass is 32.2. The van der Waals surface area contributed by atoms with Crippen molar-refractivity contribution in [2.75, 3.05) is 18.9 Å². The van der Waals surface area contributed by atoms with Crippen LogP contribution in [0.25, 0.3) is 0 Å². The maximum Gasteiger partial charge on any atom is 0.261 e. The molecule has 0 aromatic heterocycles. The van der Waals surface area contributed by atoms with Gasteiger partial charge in [-0.2, -0.15) is 0 Å². The monoisotopic (exact) mass is 488 g/mol. The molecule has 0 bridgehead atoms. The van der Waals surface area contributed by atoms with Crippen LogP contribution in [0.3, 0.4) is 0 Å². The fourth-order valence-corrected chi connectivity index (χ4v) is 5.37. The number of carbonyl (C=O) groups is 2. The molecule has 1 saturated carbocycles. The lowest BCUT2D eigenvalue weighted by Crippen LogP contribution is -2.31. The van der Waals surface area contributed by atoms with Gasteiger partial charge in [0.2, 0.25) is 10.0 Å². The van der Waals surface area contributed by atoms with Crippen molar-refractivity contribution in [3.63, 3.8) is 0 Å². The first kappa shape index (κ1) is 24.3. The van der Waals surface area contributed by atoms with Gasteiger partial charge < -0.3 is 4.74 Å². The third kappa shape index (κ3) is 6.01. The maximum atomic E-state index is 14.0. The molecular formula is C25H29FN2O5S. The van der Waals surface area contributed by atoms with E-state index in [4.69, 9.17) is 4.74 Å². The minimum atomic E-state index is -3.60. The predicted octanol–water partition coefficient (Wildman–Crippen LogP) is 4.06. The lowest BCUT2D eigenvalue weighted by atomic mass is 10.1. The van der Waals surface area contributed by atoms with E-state index in [2.05, 4.69) is 4.72 Å². The molecule has 1 heterocycles. The molecule has 1 aliphatic carbocycles. The molecule has 1 aliphatic heterocycles.